The number of likely N-dealkylation sites (tertiary alicyclic amines) is 1. The van der Waals surface area contributed by atoms with E-state index in [0.717, 1.165) is 17.5 Å². The minimum atomic E-state index is -1.03. The van der Waals surface area contributed by atoms with Crippen LogP contribution in [0.5, 0.6) is 5.75 Å². The molecule has 180 valence electrons. The van der Waals surface area contributed by atoms with Crippen LogP contribution in [0.1, 0.15) is 19.1 Å². The molecular formula is C25H20BrN7O3. The van der Waals surface area contributed by atoms with Gasteiger partial charge in [-0.3, -0.25) is 14.2 Å². The van der Waals surface area contributed by atoms with Crippen molar-refractivity contribution in [3.63, 3.8) is 0 Å². The number of halogens is 1. The van der Waals surface area contributed by atoms with Crippen molar-refractivity contribution in [3.05, 3.63) is 59.6 Å². The minimum Gasteiger partial charge on any atom is -0.460 e. The fourth-order valence-corrected chi connectivity index (χ4v) is 5.82. The molecule has 1 saturated heterocycles. The molecule has 1 aromatic carbocycles. The van der Waals surface area contributed by atoms with Crippen molar-refractivity contribution in [2.24, 2.45) is 5.92 Å². The predicted octanol–water partition coefficient (Wildman–Crippen LogP) is 3.36. The second-order valence-corrected chi connectivity index (χ2v) is 10.1. The highest BCUT2D eigenvalue weighted by Gasteiger charge is 2.58. The average Bonchev–Trinajstić information content (AvgIpc) is 3.36. The molecule has 4 aromatic rings. The Morgan fingerprint density at radius 3 is 2.89 bits per heavy atom. The van der Waals surface area contributed by atoms with E-state index in [1.54, 1.807) is 52.1 Å². The molecule has 7 rings (SSSR count). The zero-order chi connectivity index (χ0) is 24.6. The Bertz CT molecular complexity index is 1570. The lowest BCUT2D eigenvalue weighted by Gasteiger charge is -2.34. The second kappa shape index (κ2) is 7.76. The highest BCUT2D eigenvalue weighted by atomic mass is 79.9. The summed E-state index contributed by atoms with van der Waals surface area (Å²) in [6, 6.07) is 12.0. The molecular weight excluding hydrogens is 526 g/mol. The molecule has 3 aromatic heterocycles. The van der Waals surface area contributed by atoms with Gasteiger partial charge in [0.2, 0.25) is 5.91 Å². The molecule has 0 radical (unpaired) electrons. The normalized spacial score (nSPS) is 23.4. The largest absolute Gasteiger partial charge is 0.460 e. The first kappa shape index (κ1) is 21.3. The van der Waals surface area contributed by atoms with Crippen molar-refractivity contribution in [2.75, 3.05) is 11.1 Å². The van der Waals surface area contributed by atoms with Crippen molar-refractivity contribution < 1.29 is 14.3 Å². The van der Waals surface area contributed by atoms with Crippen LogP contribution in [0.4, 0.5) is 11.5 Å². The molecule has 10 nitrogen and oxygen atoms in total. The number of nitrogens with one attached hydrogen (secondary N) is 1. The Hall–Kier alpha value is -3.99. The van der Waals surface area contributed by atoms with Crippen LogP contribution in [-0.4, -0.2) is 48.3 Å². The zero-order valence-electron chi connectivity index (χ0n) is 18.8. The number of hydrogen-bond donors (Lipinski definition) is 2. The van der Waals surface area contributed by atoms with Crippen LogP contribution in [0.2, 0.25) is 0 Å². The van der Waals surface area contributed by atoms with E-state index in [2.05, 4.69) is 36.2 Å². The maximum absolute atomic E-state index is 14.2. The van der Waals surface area contributed by atoms with Gasteiger partial charge in [0.05, 0.1) is 11.3 Å². The number of rotatable bonds is 3. The quantitative estimate of drug-likeness (QED) is 0.298. The van der Waals surface area contributed by atoms with E-state index in [4.69, 9.17) is 10.5 Å². The van der Waals surface area contributed by atoms with Crippen LogP contribution in [-0.2, 0) is 9.59 Å². The molecule has 4 atom stereocenters. The number of nitrogen functional groups attached to an aromatic ring is 1. The van der Waals surface area contributed by atoms with Crippen molar-refractivity contribution in [1.82, 2.24) is 24.4 Å². The van der Waals surface area contributed by atoms with Crippen LogP contribution < -0.4 is 15.8 Å². The molecule has 1 saturated carbocycles. The third-order valence-corrected chi connectivity index (χ3v) is 7.57. The molecule has 36 heavy (non-hydrogen) atoms. The number of ether oxygens (including phenoxy) is 1. The maximum atomic E-state index is 14.2. The number of hydrogen-bond acceptors (Lipinski definition) is 7. The van der Waals surface area contributed by atoms with Gasteiger partial charge in [-0.15, -0.1) is 0 Å². The Balaban J connectivity index is 1.27. The van der Waals surface area contributed by atoms with Gasteiger partial charge in [0.1, 0.15) is 34.2 Å². The molecule has 2 fully saturated rings. The summed E-state index contributed by atoms with van der Waals surface area (Å²) in [5, 5.41) is 3.63. The van der Waals surface area contributed by atoms with Gasteiger partial charge >= 0.3 is 0 Å². The molecule has 0 bridgehead atoms. The summed E-state index contributed by atoms with van der Waals surface area (Å²) in [6.45, 7) is 0. The summed E-state index contributed by atoms with van der Waals surface area (Å²) >= 11 is 3.32. The summed E-state index contributed by atoms with van der Waals surface area (Å²) in [6.07, 6.45) is 3.59. The SMILES string of the molecule is Nc1cccc2c1-c1cc3cncnc3n1C(C(=O)N1[C@@H](C(=O)Nc3cccc(Br)n3)C[C@@H]3C[C@@H]31)O2. The number of benzene rings is 1. The monoisotopic (exact) mass is 545 g/mol. The lowest BCUT2D eigenvalue weighted by Crippen LogP contribution is -2.49. The summed E-state index contributed by atoms with van der Waals surface area (Å²) in [4.78, 5) is 42.0. The van der Waals surface area contributed by atoms with E-state index in [9.17, 15) is 9.59 Å². The first-order valence-electron chi connectivity index (χ1n) is 11.6. The number of carbonyl (C=O) groups is 2. The number of aromatic nitrogens is 4. The Kier molecular flexibility index (Phi) is 4.59. The van der Waals surface area contributed by atoms with Gasteiger partial charge in [-0.25, -0.2) is 15.0 Å². The highest BCUT2D eigenvalue weighted by molar-refractivity contribution is 9.10. The summed E-state index contributed by atoms with van der Waals surface area (Å²) in [5.41, 5.74) is 8.86. The number of carbonyl (C=O) groups excluding carboxylic acids is 2. The van der Waals surface area contributed by atoms with Crippen molar-refractivity contribution in [2.45, 2.75) is 31.2 Å². The van der Waals surface area contributed by atoms with Crippen LogP contribution in [0.15, 0.2) is 59.6 Å². The van der Waals surface area contributed by atoms with Gasteiger partial charge in [0.25, 0.3) is 12.1 Å². The number of pyridine rings is 1. The number of amides is 2. The highest BCUT2D eigenvalue weighted by Crippen LogP contribution is 2.51. The fourth-order valence-electron chi connectivity index (χ4n) is 5.47. The van der Waals surface area contributed by atoms with Gasteiger partial charge in [0.15, 0.2) is 0 Å². The van der Waals surface area contributed by atoms with E-state index in [0.29, 0.717) is 45.4 Å². The standard InChI is InChI=1S/C25H20BrN7O3/c26-19-5-2-6-20(30-19)31-23(34)17-8-12-7-15(12)32(17)24(35)25-33-16(9-13-10-28-11-29-22(13)33)21-14(27)3-1-4-18(21)36-25/h1-6,9-12,15,17,25H,7-8,27H2,(H,30,31,34)/t12-,15-,17+,25?/m0/s1. The number of nitrogens with two attached hydrogens (primary N) is 1. The summed E-state index contributed by atoms with van der Waals surface area (Å²) in [7, 11) is 0. The Labute approximate surface area is 213 Å². The topological polar surface area (TPSA) is 128 Å². The Morgan fingerprint density at radius 1 is 1.17 bits per heavy atom. The minimum absolute atomic E-state index is 0.00876. The third kappa shape index (κ3) is 3.19. The van der Waals surface area contributed by atoms with Crippen molar-refractivity contribution >= 4 is 50.3 Å². The predicted molar refractivity (Wildman–Crippen MR) is 135 cm³/mol. The first-order chi connectivity index (χ1) is 17.5. The summed E-state index contributed by atoms with van der Waals surface area (Å²) in [5.74, 6) is 0.697. The summed E-state index contributed by atoms with van der Waals surface area (Å²) < 4.78 is 8.67. The van der Waals surface area contributed by atoms with Gasteiger partial charge in [0, 0.05) is 23.3 Å². The van der Waals surface area contributed by atoms with Crippen molar-refractivity contribution in [3.8, 4) is 17.0 Å². The molecule has 11 heteroatoms. The maximum Gasteiger partial charge on any atom is 0.286 e. The van der Waals surface area contributed by atoms with E-state index in [1.165, 1.54) is 6.33 Å². The molecule has 2 amide bonds. The van der Waals surface area contributed by atoms with Crippen molar-refractivity contribution in [1.29, 1.82) is 0 Å². The molecule has 1 unspecified atom stereocenters. The van der Waals surface area contributed by atoms with E-state index >= 15 is 0 Å². The van der Waals surface area contributed by atoms with Crippen LogP contribution >= 0.6 is 15.9 Å². The lowest BCUT2D eigenvalue weighted by atomic mass is 10.1. The molecule has 5 heterocycles. The smallest absolute Gasteiger partial charge is 0.286 e. The zero-order valence-corrected chi connectivity index (χ0v) is 20.4. The number of piperidine rings is 1. The van der Waals surface area contributed by atoms with E-state index < -0.39 is 12.3 Å². The average molecular weight is 546 g/mol. The van der Waals surface area contributed by atoms with E-state index in [-0.39, 0.29) is 17.9 Å². The number of nitrogens with zero attached hydrogens (tertiary/aromatic N) is 5. The Morgan fingerprint density at radius 2 is 2.03 bits per heavy atom. The lowest BCUT2D eigenvalue weighted by molar-refractivity contribution is -0.148. The van der Waals surface area contributed by atoms with E-state index in [1.807, 2.05) is 6.07 Å². The van der Waals surface area contributed by atoms with Crippen LogP contribution in [0.25, 0.3) is 22.3 Å². The van der Waals surface area contributed by atoms with Gasteiger partial charge in [-0.2, -0.15) is 0 Å². The van der Waals surface area contributed by atoms with Crippen LogP contribution in [0.3, 0.4) is 0 Å². The van der Waals surface area contributed by atoms with Gasteiger partial charge in [-0.1, -0.05) is 12.1 Å². The van der Waals surface area contributed by atoms with Crippen LogP contribution in [0, 0.1) is 5.92 Å². The molecule has 3 aliphatic rings. The second-order valence-electron chi connectivity index (χ2n) is 9.29. The number of fused-ring (bicyclic) bond motifs is 6. The molecule has 2 aliphatic heterocycles. The third-order valence-electron chi connectivity index (χ3n) is 7.13. The van der Waals surface area contributed by atoms with Gasteiger partial charge in [-0.05, 0) is 65.0 Å². The molecule has 3 N–H and O–H groups in total. The molecule has 0 spiro atoms. The first-order valence-corrected chi connectivity index (χ1v) is 12.4. The number of anilines is 2. The van der Waals surface area contributed by atoms with Gasteiger partial charge < -0.3 is 20.7 Å². The fraction of sp³-hybridized carbons (Fsp3) is 0.240. The molecule has 1 aliphatic carbocycles.